The lowest BCUT2D eigenvalue weighted by Gasteiger charge is -2.17. The molecule has 36 heavy (non-hydrogen) atoms. The van der Waals surface area contributed by atoms with Gasteiger partial charge in [-0.2, -0.15) is 0 Å². The van der Waals surface area contributed by atoms with Gasteiger partial charge >= 0.3 is 0 Å². The van der Waals surface area contributed by atoms with Crippen LogP contribution in [-0.2, 0) is 0 Å². The van der Waals surface area contributed by atoms with Crippen LogP contribution in [0.15, 0.2) is 103 Å². The van der Waals surface area contributed by atoms with Gasteiger partial charge in [-0.25, -0.2) is 0 Å². The SMILES string of the molecule is C[Si](C)(C)c1ccc(-c2ccc3cc(-c4ccc(-c5ccc([Si](C)(C)C)cc5)nc4)ccc3c2)cc1. The number of rotatable bonds is 5. The molecule has 4 aromatic carbocycles. The first kappa shape index (κ1) is 24.4. The molecule has 180 valence electrons. The number of aromatic nitrogens is 1. The third-order valence-corrected chi connectivity index (χ3v) is 11.2. The Kier molecular flexibility index (Phi) is 6.31. The molecule has 0 fully saturated rings. The van der Waals surface area contributed by atoms with E-state index in [2.05, 4.69) is 136 Å². The largest absolute Gasteiger partial charge is 0.256 e. The van der Waals surface area contributed by atoms with Gasteiger partial charge in [0.15, 0.2) is 0 Å². The van der Waals surface area contributed by atoms with Crippen LogP contribution in [0.4, 0.5) is 0 Å². The topological polar surface area (TPSA) is 12.9 Å². The highest BCUT2D eigenvalue weighted by Crippen LogP contribution is 2.29. The van der Waals surface area contributed by atoms with E-state index >= 15 is 0 Å². The molecule has 5 rings (SSSR count). The summed E-state index contributed by atoms with van der Waals surface area (Å²) in [6.45, 7) is 14.3. The number of fused-ring (bicyclic) bond motifs is 1. The number of nitrogens with zero attached hydrogens (tertiary/aromatic N) is 1. The van der Waals surface area contributed by atoms with Gasteiger partial charge in [-0.1, -0.05) is 129 Å². The molecule has 0 saturated carbocycles. The van der Waals surface area contributed by atoms with E-state index < -0.39 is 16.1 Å². The minimum atomic E-state index is -1.28. The van der Waals surface area contributed by atoms with Crippen molar-refractivity contribution in [2.75, 3.05) is 0 Å². The van der Waals surface area contributed by atoms with Crippen molar-refractivity contribution in [2.45, 2.75) is 39.3 Å². The average Bonchev–Trinajstić information content (AvgIpc) is 2.87. The van der Waals surface area contributed by atoms with Crippen molar-refractivity contribution >= 4 is 37.3 Å². The van der Waals surface area contributed by atoms with Crippen LogP contribution < -0.4 is 10.4 Å². The first-order valence-corrected chi connectivity index (χ1v) is 19.8. The van der Waals surface area contributed by atoms with E-state index in [0.29, 0.717) is 0 Å². The van der Waals surface area contributed by atoms with Crippen LogP contribution in [0.3, 0.4) is 0 Å². The molecular formula is C33H35NSi2. The molecule has 0 radical (unpaired) electrons. The van der Waals surface area contributed by atoms with Gasteiger partial charge in [0.2, 0.25) is 0 Å². The van der Waals surface area contributed by atoms with E-state index in [1.54, 1.807) is 0 Å². The summed E-state index contributed by atoms with van der Waals surface area (Å²) < 4.78 is 0. The standard InChI is InChI=1S/C33H35NSi2/c1-35(2,3)31-16-11-24(12-17-31)26-7-8-28-22-29(10-9-27(28)21-26)30-15-20-33(34-23-30)25-13-18-32(19-14-25)36(4,5)6/h7-23H,1-6H3. The van der Waals surface area contributed by atoms with Crippen molar-refractivity contribution in [3.63, 3.8) is 0 Å². The number of benzene rings is 4. The zero-order valence-electron chi connectivity index (χ0n) is 22.3. The molecule has 1 aromatic heterocycles. The highest BCUT2D eigenvalue weighted by molar-refractivity contribution is 6.89. The maximum absolute atomic E-state index is 4.79. The smallest absolute Gasteiger partial charge is 0.0775 e. The summed E-state index contributed by atoms with van der Waals surface area (Å²) in [5, 5.41) is 5.49. The summed E-state index contributed by atoms with van der Waals surface area (Å²) in [4.78, 5) is 4.79. The van der Waals surface area contributed by atoms with E-state index in [1.165, 1.54) is 43.4 Å². The first-order chi connectivity index (χ1) is 17.1. The molecule has 1 nitrogen and oxygen atoms in total. The highest BCUT2D eigenvalue weighted by Gasteiger charge is 2.17. The Balaban J connectivity index is 1.38. The van der Waals surface area contributed by atoms with E-state index in [-0.39, 0.29) is 0 Å². The molecule has 0 amide bonds. The molecule has 5 aromatic rings. The van der Waals surface area contributed by atoms with Gasteiger partial charge in [0.25, 0.3) is 0 Å². The van der Waals surface area contributed by atoms with Gasteiger partial charge in [-0.15, -0.1) is 0 Å². The molecule has 0 saturated heterocycles. The van der Waals surface area contributed by atoms with E-state index in [9.17, 15) is 0 Å². The second-order valence-electron chi connectivity index (χ2n) is 11.9. The maximum atomic E-state index is 4.79. The minimum Gasteiger partial charge on any atom is -0.256 e. The van der Waals surface area contributed by atoms with Crippen molar-refractivity contribution in [1.82, 2.24) is 4.98 Å². The fraction of sp³-hybridized carbons (Fsp3) is 0.182. The fourth-order valence-corrected chi connectivity index (χ4v) is 6.98. The molecule has 0 aliphatic heterocycles. The van der Waals surface area contributed by atoms with Crippen molar-refractivity contribution in [3.8, 4) is 33.5 Å². The zero-order valence-corrected chi connectivity index (χ0v) is 24.3. The molecule has 0 N–H and O–H groups in total. The van der Waals surface area contributed by atoms with Gasteiger partial charge in [-0.05, 0) is 45.7 Å². The van der Waals surface area contributed by atoms with E-state index in [0.717, 1.165) is 11.3 Å². The Labute approximate surface area is 217 Å². The Hall–Kier alpha value is -3.28. The van der Waals surface area contributed by atoms with Crippen LogP contribution in [0.25, 0.3) is 44.3 Å². The van der Waals surface area contributed by atoms with Crippen LogP contribution in [0.1, 0.15) is 0 Å². The highest BCUT2D eigenvalue weighted by atomic mass is 28.3. The summed E-state index contributed by atoms with van der Waals surface area (Å²) in [6.07, 6.45) is 2.00. The monoisotopic (exact) mass is 501 g/mol. The van der Waals surface area contributed by atoms with Crippen molar-refractivity contribution in [1.29, 1.82) is 0 Å². The van der Waals surface area contributed by atoms with Gasteiger partial charge in [0.1, 0.15) is 0 Å². The maximum Gasteiger partial charge on any atom is 0.0775 e. The lowest BCUT2D eigenvalue weighted by molar-refractivity contribution is 1.33. The third-order valence-electron chi connectivity index (χ3n) is 7.07. The summed E-state index contributed by atoms with van der Waals surface area (Å²) in [5.74, 6) is 0. The number of hydrogen-bond acceptors (Lipinski definition) is 1. The van der Waals surface area contributed by atoms with Crippen molar-refractivity contribution in [3.05, 3.63) is 103 Å². The quantitative estimate of drug-likeness (QED) is 0.221. The van der Waals surface area contributed by atoms with Crippen molar-refractivity contribution < 1.29 is 0 Å². The molecule has 0 unspecified atom stereocenters. The Morgan fingerprint density at radius 1 is 0.417 bits per heavy atom. The summed E-state index contributed by atoms with van der Waals surface area (Å²) in [6, 6.07) is 35.9. The van der Waals surface area contributed by atoms with Gasteiger partial charge < -0.3 is 0 Å². The Bertz CT molecular complexity index is 1500. The summed E-state index contributed by atoms with van der Waals surface area (Å²) in [5.41, 5.74) is 7.08. The number of pyridine rings is 1. The lowest BCUT2D eigenvalue weighted by atomic mass is 9.98. The van der Waals surface area contributed by atoms with E-state index in [4.69, 9.17) is 4.98 Å². The van der Waals surface area contributed by atoms with Crippen LogP contribution >= 0.6 is 0 Å². The predicted octanol–water partition coefficient (Wildman–Crippen LogP) is 8.33. The molecular weight excluding hydrogens is 467 g/mol. The van der Waals surface area contributed by atoms with Gasteiger partial charge in [-0.3, -0.25) is 4.98 Å². The van der Waals surface area contributed by atoms with Gasteiger partial charge in [0, 0.05) is 17.3 Å². The second kappa shape index (κ2) is 9.31. The minimum absolute atomic E-state index is 1.02. The third kappa shape index (κ3) is 5.13. The molecule has 0 aliphatic rings. The van der Waals surface area contributed by atoms with Crippen LogP contribution in [0.2, 0.25) is 39.3 Å². The second-order valence-corrected chi connectivity index (χ2v) is 22.0. The zero-order chi connectivity index (χ0) is 25.5. The normalized spacial score (nSPS) is 12.2. The van der Waals surface area contributed by atoms with Gasteiger partial charge in [0.05, 0.1) is 21.8 Å². The van der Waals surface area contributed by atoms with E-state index in [1.807, 2.05) is 6.20 Å². The first-order valence-electron chi connectivity index (χ1n) is 12.8. The molecule has 0 spiro atoms. The van der Waals surface area contributed by atoms with Crippen LogP contribution in [0.5, 0.6) is 0 Å². The molecule has 1 heterocycles. The predicted molar refractivity (Wildman–Crippen MR) is 164 cm³/mol. The Morgan fingerprint density at radius 2 is 0.833 bits per heavy atom. The molecule has 0 bridgehead atoms. The fourth-order valence-electron chi connectivity index (χ4n) is 4.64. The molecule has 0 atom stereocenters. The lowest BCUT2D eigenvalue weighted by Crippen LogP contribution is -2.37. The Morgan fingerprint density at radius 3 is 1.28 bits per heavy atom. The van der Waals surface area contributed by atoms with Crippen molar-refractivity contribution in [2.24, 2.45) is 0 Å². The molecule has 0 aliphatic carbocycles. The summed E-state index contributed by atoms with van der Waals surface area (Å²) >= 11 is 0. The number of hydrogen-bond donors (Lipinski definition) is 0. The van der Waals surface area contributed by atoms with Crippen LogP contribution in [-0.4, -0.2) is 21.1 Å². The molecule has 3 heteroatoms. The average molecular weight is 502 g/mol. The summed E-state index contributed by atoms with van der Waals surface area (Å²) in [7, 11) is -2.56. The van der Waals surface area contributed by atoms with Crippen LogP contribution in [0, 0.1) is 0 Å².